The third-order valence-electron chi connectivity index (χ3n) is 4.73. The highest BCUT2D eigenvalue weighted by Gasteiger charge is 2.11. The largest absolute Gasteiger partial charge is 0.493 e. The standard InChI is InChI=1S/C26H24N2O5/c1-30-22-12-10-19(15-25(22)32-3)20(16-27)13-18-9-11-23(24(14-18)31-2)33-17-26(29)28-21-7-5-4-6-8-21/h4-15H,17H2,1-3H3,(H,28,29)/b20-13+. The second-order valence-corrected chi connectivity index (χ2v) is 6.85. The van der Waals surface area contributed by atoms with Crippen LogP contribution in [-0.2, 0) is 4.79 Å². The Morgan fingerprint density at radius 3 is 2.21 bits per heavy atom. The number of carbonyl (C=O) groups is 1. The summed E-state index contributed by atoms with van der Waals surface area (Å²) in [5, 5.41) is 12.4. The van der Waals surface area contributed by atoms with Crippen molar-refractivity contribution in [2.45, 2.75) is 0 Å². The van der Waals surface area contributed by atoms with Gasteiger partial charge in [0.15, 0.2) is 29.6 Å². The Labute approximate surface area is 192 Å². The molecule has 7 heteroatoms. The maximum atomic E-state index is 12.1. The van der Waals surface area contributed by atoms with E-state index in [2.05, 4.69) is 11.4 Å². The minimum atomic E-state index is -0.285. The molecule has 0 spiro atoms. The van der Waals surface area contributed by atoms with Gasteiger partial charge < -0.3 is 24.3 Å². The minimum absolute atomic E-state index is 0.171. The minimum Gasteiger partial charge on any atom is -0.493 e. The smallest absolute Gasteiger partial charge is 0.262 e. The van der Waals surface area contributed by atoms with Gasteiger partial charge in [-0.05, 0) is 59.7 Å². The van der Waals surface area contributed by atoms with Crippen LogP contribution >= 0.6 is 0 Å². The summed E-state index contributed by atoms with van der Waals surface area (Å²) in [5.41, 5.74) is 2.55. The average molecular weight is 444 g/mol. The van der Waals surface area contributed by atoms with Crippen LogP contribution in [0.25, 0.3) is 11.6 Å². The highest BCUT2D eigenvalue weighted by atomic mass is 16.5. The van der Waals surface area contributed by atoms with E-state index in [0.29, 0.717) is 39.8 Å². The predicted molar refractivity (Wildman–Crippen MR) is 127 cm³/mol. The van der Waals surface area contributed by atoms with Crippen molar-refractivity contribution in [2.75, 3.05) is 33.3 Å². The van der Waals surface area contributed by atoms with Crippen LogP contribution in [0.3, 0.4) is 0 Å². The SMILES string of the molecule is COc1ccc(/C(C#N)=C/c2ccc(OCC(=O)Nc3ccccc3)c(OC)c2)cc1OC. The molecule has 1 amide bonds. The average Bonchev–Trinajstić information content (AvgIpc) is 2.86. The van der Waals surface area contributed by atoms with Crippen molar-refractivity contribution in [1.29, 1.82) is 5.26 Å². The van der Waals surface area contributed by atoms with Crippen molar-refractivity contribution >= 4 is 23.2 Å². The first-order valence-corrected chi connectivity index (χ1v) is 10.1. The Kier molecular flexibility index (Phi) is 7.92. The number of benzene rings is 3. The summed E-state index contributed by atoms with van der Waals surface area (Å²) in [6.45, 7) is -0.171. The third kappa shape index (κ3) is 6.05. The Morgan fingerprint density at radius 1 is 0.879 bits per heavy atom. The van der Waals surface area contributed by atoms with E-state index in [1.54, 1.807) is 68.8 Å². The summed E-state index contributed by atoms with van der Waals surface area (Å²) in [5.74, 6) is 1.69. The van der Waals surface area contributed by atoms with Gasteiger partial charge in [0.25, 0.3) is 5.91 Å². The second kappa shape index (κ2) is 11.3. The first kappa shape index (κ1) is 23.2. The van der Waals surface area contributed by atoms with Crippen molar-refractivity contribution in [3.63, 3.8) is 0 Å². The fourth-order valence-corrected chi connectivity index (χ4v) is 3.11. The third-order valence-corrected chi connectivity index (χ3v) is 4.73. The molecule has 0 aliphatic heterocycles. The topological polar surface area (TPSA) is 89.8 Å². The van der Waals surface area contributed by atoms with E-state index >= 15 is 0 Å². The zero-order valence-electron chi connectivity index (χ0n) is 18.6. The molecular formula is C26H24N2O5. The fourth-order valence-electron chi connectivity index (χ4n) is 3.11. The molecule has 0 heterocycles. The van der Waals surface area contributed by atoms with Gasteiger partial charge >= 0.3 is 0 Å². The Morgan fingerprint density at radius 2 is 1.55 bits per heavy atom. The number of nitriles is 1. The van der Waals surface area contributed by atoms with Crippen LogP contribution in [0.15, 0.2) is 66.7 Å². The number of nitrogens with one attached hydrogen (secondary N) is 1. The van der Waals surface area contributed by atoms with Crippen molar-refractivity contribution in [3.8, 4) is 29.1 Å². The summed E-state index contributed by atoms with van der Waals surface area (Å²) in [6.07, 6.45) is 1.73. The monoisotopic (exact) mass is 444 g/mol. The van der Waals surface area contributed by atoms with Crippen molar-refractivity contribution < 1.29 is 23.7 Å². The molecule has 0 saturated heterocycles. The van der Waals surface area contributed by atoms with Gasteiger partial charge in [0.2, 0.25) is 0 Å². The maximum absolute atomic E-state index is 12.1. The highest BCUT2D eigenvalue weighted by molar-refractivity contribution is 5.92. The van der Waals surface area contributed by atoms with Crippen LogP contribution in [0.2, 0.25) is 0 Å². The number of anilines is 1. The molecule has 0 radical (unpaired) electrons. The molecule has 0 bridgehead atoms. The second-order valence-electron chi connectivity index (χ2n) is 6.85. The summed E-state index contributed by atoms with van der Waals surface area (Å²) in [4.78, 5) is 12.1. The number of allylic oxidation sites excluding steroid dienone is 1. The van der Waals surface area contributed by atoms with E-state index in [4.69, 9.17) is 18.9 Å². The van der Waals surface area contributed by atoms with E-state index in [0.717, 1.165) is 5.56 Å². The molecule has 168 valence electrons. The molecule has 3 aromatic rings. The Hall–Kier alpha value is -4.44. The number of hydrogen-bond acceptors (Lipinski definition) is 6. The number of para-hydroxylation sites is 1. The van der Waals surface area contributed by atoms with Crippen LogP contribution in [0.1, 0.15) is 11.1 Å². The molecule has 0 aromatic heterocycles. The van der Waals surface area contributed by atoms with Crippen LogP contribution < -0.4 is 24.3 Å². The number of hydrogen-bond donors (Lipinski definition) is 1. The molecule has 7 nitrogen and oxygen atoms in total. The van der Waals surface area contributed by atoms with Gasteiger partial charge in [0, 0.05) is 5.69 Å². The Balaban J connectivity index is 1.76. The van der Waals surface area contributed by atoms with Gasteiger partial charge in [-0.1, -0.05) is 24.3 Å². The molecule has 0 fully saturated rings. The molecule has 0 atom stereocenters. The molecule has 0 saturated carbocycles. The van der Waals surface area contributed by atoms with Gasteiger partial charge in [-0.15, -0.1) is 0 Å². The number of amides is 1. The van der Waals surface area contributed by atoms with Crippen LogP contribution in [-0.4, -0.2) is 33.8 Å². The molecule has 3 aromatic carbocycles. The molecule has 3 rings (SSSR count). The van der Waals surface area contributed by atoms with Gasteiger partial charge in [0.1, 0.15) is 0 Å². The van der Waals surface area contributed by atoms with Crippen molar-refractivity contribution in [2.24, 2.45) is 0 Å². The van der Waals surface area contributed by atoms with E-state index in [1.807, 2.05) is 18.2 Å². The molecule has 0 unspecified atom stereocenters. The molecule has 33 heavy (non-hydrogen) atoms. The van der Waals surface area contributed by atoms with Crippen LogP contribution in [0.4, 0.5) is 5.69 Å². The lowest BCUT2D eigenvalue weighted by Gasteiger charge is -2.12. The van der Waals surface area contributed by atoms with Crippen LogP contribution in [0.5, 0.6) is 23.0 Å². The van der Waals surface area contributed by atoms with Gasteiger partial charge in [-0.2, -0.15) is 5.26 Å². The van der Waals surface area contributed by atoms with E-state index in [-0.39, 0.29) is 12.5 Å². The lowest BCUT2D eigenvalue weighted by atomic mass is 10.0. The number of rotatable bonds is 9. The van der Waals surface area contributed by atoms with E-state index in [9.17, 15) is 10.1 Å². The molecule has 0 aliphatic rings. The highest BCUT2D eigenvalue weighted by Crippen LogP contribution is 2.33. The lowest BCUT2D eigenvalue weighted by molar-refractivity contribution is -0.118. The Bertz CT molecular complexity index is 1180. The normalized spacial score (nSPS) is 10.7. The molecule has 0 aliphatic carbocycles. The fraction of sp³-hybridized carbons (Fsp3) is 0.154. The summed E-state index contributed by atoms with van der Waals surface area (Å²) in [7, 11) is 4.61. The summed E-state index contributed by atoms with van der Waals surface area (Å²) >= 11 is 0. The van der Waals surface area contributed by atoms with Crippen molar-refractivity contribution in [3.05, 3.63) is 77.9 Å². The number of nitrogens with zero attached hydrogens (tertiary/aromatic N) is 1. The quantitative estimate of drug-likeness (QED) is 0.377. The van der Waals surface area contributed by atoms with Gasteiger partial charge in [-0.3, -0.25) is 4.79 Å². The lowest BCUT2D eigenvalue weighted by Crippen LogP contribution is -2.20. The number of carbonyl (C=O) groups excluding carboxylic acids is 1. The summed E-state index contributed by atoms with van der Waals surface area (Å²) < 4.78 is 21.6. The molecule has 1 N–H and O–H groups in total. The van der Waals surface area contributed by atoms with Crippen LogP contribution in [0, 0.1) is 11.3 Å². The van der Waals surface area contributed by atoms with E-state index < -0.39 is 0 Å². The zero-order valence-corrected chi connectivity index (χ0v) is 18.6. The zero-order chi connectivity index (χ0) is 23.6. The number of ether oxygens (including phenoxy) is 4. The predicted octanol–water partition coefficient (Wildman–Crippen LogP) is 4.79. The van der Waals surface area contributed by atoms with Gasteiger partial charge in [-0.25, -0.2) is 0 Å². The first-order chi connectivity index (χ1) is 16.1. The van der Waals surface area contributed by atoms with Crippen molar-refractivity contribution in [1.82, 2.24) is 0 Å². The maximum Gasteiger partial charge on any atom is 0.262 e. The van der Waals surface area contributed by atoms with Gasteiger partial charge in [0.05, 0.1) is 33.0 Å². The molecular weight excluding hydrogens is 420 g/mol. The first-order valence-electron chi connectivity index (χ1n) is 10.1. The van der Waals surface area contributed by atoms with E-state index in [1.165, 1.54) is 7.11 Å². The summed E-state index contributed by atoms with van der Waals surface area (Å²) in [6, 6.07) is 21.8. The number of methoxy groups -OCH3 is 3.